The van der Waals surface area contributed by atoms with Crippen molar-refractivity contribution in [2.75, 3.05) is 4.72 Å². The lowest BCUT2D eigenvalue weighted by molar-refractivity contribution is 0.598. The van der Waals surface area contributed by atoms with Crippen molar-refractivity contribution in [1.82, 2.24) is 15.0 Å². The molecule has 20 heavy (non-hydrogen) atoms. The number of imidazole rings is 1. The highest BCUT2D eigenvalue weighted by molar-refractivity contribution is 7.92. The van der Waals surface area contributed by atoms with Crippen molar-refractivity contribution in [2.45, 2.75) is 18.4 Å². The third kappa shape index (κ3) is 2.27. The van der Waals surface area contributed by atoms with Gasteiger partial charge in [0.1, 0.15) is 5.82 Å². The van der Waals surface area contributed by atoms with Crippen molar-refractivity contribution in [3.8, 4) is 0 Å². The van der Waals surface area contributed by atoms with Gasteiger partial charge in [0.2, 0.25) is 0 Å². The summed E-state index contributed by atoms with van der Waals surface area (Å²) in [5.74, 6) is 0.645. The maximum Gasteiger partial charge on any atom is 0.278 e. The van der Waals surface area contributed by atoms with E-state index in [1.165, 1.54) is 6.20 Å². The summed E-state index contributed by atoms with van der Waals surface area (Å²) in [6.45, 7) is 1.91. The number of H-pyrrole nitrogens is 2. The first-order chi connectivity index (χ1) is 9.58. The Hall–Kier alpha value is -2.28. The van der Waals surface area contributed by atoms with Crippen LogP contribution in [0, 0.1) is 0 Å². The molecule has 3 rings (SSSR count). The average Bonchev–Trinajstić information content (AvgIpc) is 3.06. The normalized spacial score (nSPS) is 11.8. The van der Waals surface area contributed by atoms with Gasteiger partial charge < -0.3 is 9.97 Å². The van der Waals surface area contributed by atoms with Gasteiger partial charge in [-0.05, 0) is 24.3 Å². The molecule has 0 spiro atoms. The minimum absolute atomic E-state index is 0.0727. The Morgan fingerprint density at radius 1 is 1.30 bits per heavy atom. The van der Waals surface area contributed by atoms with Gasteiger partial charge in [0.05, 0.1) is 6.20 Å². The zero-order chi connectivity index (χ0) is 14.2. The van der Waals surface area contributed by atoms with E-state index < -0.39 is 10.0 Å². The molecule has 0 bridgehead atoms. The van der Waals surface area contributed by atoms with Gasteiger partial charge in [-0.3, -0.25) is 4.72 Å². The lowest BCUT2D eigenvalue weighted by Crippen LogP contribution is -2.13. The molecule has 0 saturated carbocycles. The van der Waals surface area contributed by atoms with Gasteiger partial charge in [-0.25, -0.2) is 4.98 Å². The molecule has 0 aliphatic heterocycles. The van der Waals surface area contributed by atoms with Gasteiger partial charge in [-0.15, -0.1) is 0 Å². The van der Waals surface area contributed by atoms with Crippen LogP contribution in [0.25, 0.3) is 10.9 Å². The van der Waals surface area contributed by atoms with Crippen LogP contribution in [-0.2, 0) is 16.4 Å². The van der Waals surface area contributed by atoms with Crippen LogP contribution in [0.2, 0.25) is 0 Å². The number of aromatic amines is 2. The number of hydrogen-bond donors (Lipinski definition) is 3. The molecule has 1 aromatic carbocycles. The molecule has 0 fully saturated rings. The van der Waals surface area contributed by atoms with E-state index in [1.807, 2.05) is 25.3 Å². The molecule has 0 aliphatic carbocycles. The summed E-state index contributed by atoms with van der Waals surface area (Å²) in [4.78, 5) is 9.85. The van der Waals surface area contributed by atoms with Gasteiger partial charge >= 0.3 is 0 Å². The number of fused-ring (bicyclic) bond motifs is 1. The van der Waals surface area contributed by atoms with Crippen LogP contribution >= 0.6 is 0 Å². The highest BCUT2D eigenvalue weighted by Gasteiger charge is 2.17. The van der Waals surface area contributed by atoms with Crippen molar-refractivity contribution in [1.29, 1.82) is 0 Å². The molecular weight excluding hydrogens is 276 g/mol. The Morgan fingerprint density at radius 3 is 2.90 bits per heavy atom. The van der Waals surface area contributed by atoms with Crippen molar-refractivity contribution in [3.63, 3.8) is 0 Å². The van der Waals surface area contributed by atoms with Crippen LogP contribution < -0.4 is 4.72 Å². The number of sulfonamides is 1. The predicted octanol–water partition coefficient (Wildman–Crippen LogP) is 2.25. The summed E-state index contributed by atoms with van der Waals surface area (Å²) in [5, 5.41) is 1.02. The van der Waals surface area contributed by atoms with Crippen LogP contribution in [0.4, 0.5) is 5.69 Å². The zero-order valence-corrected chi connectivity index (χ0v) is 11.7. The van der Waals surface area contributed by atoms with Crippen molar-refractivity contribution in [3.05, 3.63) is 42.5 Å². The lowest BCUT2D eigenvalue weighted by Gasteiger charge is -2.06. The van der Waals surface area contributed by atoms with E-state index in [0.717, 1.165) is 10.9 Å². The van der Waals surface area contributed by atoms with E-state index in [4.69, 9.17) is 0 Å². The SMILES string of the molecule is CCc1ncc(S(=O)(=O)Nc2ccc3[nH]ccc3c2)[nH]1. The summed E-state index contributed by atoms with van der Waals surface area (Å²) in [7, 11) is -3.63. The topological polar surface area (TPSA) is 90.6 Å². The Kier molecular flexibility index (Phi) is 2.98. The molecule has 7 heteroatoms. The van der Waals surface area contributed by atoms with Crippen molar-refractivity contribution in [2.24, 2.45) is 0 Å². The zero-order valence-electron chi connectivity index (χ0n) is 10.8. The van der Waals surface area contributed by atoms with Crippen molar-refractivity contribution < 1.29 is 8.42 Å². The first kappa shape index (κ1) is 12.7. The molecule has 104 valence electrons. The van der Waals surface area contributed by atoms with Gasteiger partial charge in [-0.2, -0.15) is 8.42 Å². The van der Waals surface area contributed by atoms with E-state index >= 15 is 0 Å². The summed E-state index contributed by atoms with van der Waals surface area (Å²) in [6, 6.07) is 7.21. The summed E-state index contributed by atoms with van der Waals surface area (Å²) >= 11 is 0. The average molecular weight is 290 g/mol. The Bertz CT molecular complexity index is 848. The number of nitrogens with zero attached hydrogens (tertiary/aromatic N) is 1. The number of nitrogens with one attached hydrogen (secondary N) is 3. The summed E-state index contributed by atoms with van der Waals surface area (Å²) < 4.78 is 27.0. The Morgan fingerprint density at radius 2 is 2.15 bits per heavy atom. The third-order valence-electron chi connectivity index (χ3n) is 3.04. The van der Waals surface area contributed by atoms with E-state index in [0.29, 0.717) is 17.9 Å². The molecule has 6 nitrogen and oxygen atoms in total. The van der Waals surface area contributed by atoms with Crippen LogP contribution in [0.15, 0.2) is 41.7 Å². The standard InChI is InChI=1S/C13H14N4O2S/c1-2-12-15-8-13(16-12)20(18,19)17-10-3-4-11-9(7-10)5-6-14-11/h3-8,14,17H,2H2,1H3,(H,15,16). The fourth-order valence-electron chi connectivity index (χ4n) is 1.99. The Balaban J connectivity index is 1.92. The molecule has 2 aromatic heterocycles. The van der Waals surface area contributed by atoms with E-state index in [1.54, 1.807) is 12.1 Å². The highest BCUT2D eigenvalue weighted by Crippen LogP contribution is 2.20. The van der Waals surface area contributed by atoms with Crippen molar-refractivity contribution >= 4 is 26.6 Å². The van der Waals surface area contributed by atoms with E-state index in [2.05, 4.69) is 19.7 Å². The third-order valence-corrected chi connectivity index (χ3v) is 4.33. The molecule has 0 aliphatic rings. The maximum absolute atomic E-state index is 12.2. The van der Waals surface area contributed by atoms with Gasteiger partial charge in [0, 0.05) is 29.2 Å². The molecule has 0 amide bonds. The molecular formula is C13H14N4O2S. The van der Waals surface area contributed by atoms with Crippen LogP contribution in [0.3, 0.4) is 0 Å². The second-order valence-corrected chi connectivity index (χ2v) is 6.08. The van der Waals surface area contributed by atoms with Gasteiger partial charge in [0.25, 0.3) is 10.0 Å². The molecule has 3 N–H and O–H groups in total. The fraction of sp³-hybridized carbons (Fsp3) is 0.154. The van der Waals surface area contributed by atoms with Crippen LogP contribution in [0.5, 0.6) is 0 Å². The lowest BCUT2D eigenvalue weighted by atomic mass is 10.2. The quantitative estimate of drug-likeness (QED) is 0.688. The maximum atomic E-state index is 12.2. The van der Waals surface area contributed by atoms with Crippen LogP contribution in [-0.4, -0.2) is 23.4 Å². The number of hydrogen-bond acceptors (Lipinski definition) is 3. The van der Waals surface area contributed by atoms with Gasteiger partial charge in [-0.1, -0.05) is 6.92 Å². The fourth-order valence-corrected chi connectivity index (χ4v) is 2.98. The molecule has 0 unspecified atom stereocenters. The minimum Gasteiger partial charge on any atom is -0.361 e. The second kappa shape index (κ2) is 4.68. The number of anilines is 1. The molecule has 0 atom stereocenters. The summed E-state index contributed by atoms with van der Waals surface area (Å²) in [5.41, 5.74) is 1.48. The van der Waals surface area contributed by atoms with E-state index in [-0.39, 0.29) is 5.03 Å². The number of rotatable bonds is 4. The molecule has 2 heterocycles. The van der Waals surface area contributed by atoms with E-state index in [9.17, 15) is 8.42 Å². The number of aromatic nitrogens is 3. The minimum atomic E-state index is -3.63. The first-order valence-corrected chi connectivity index (χ1v) is 7.70. The monoisotopic (exact) mass is 290 g/mol. The molecule has 0 saturated heterocycles. The largest absolute Gasteiger partial charge is 0.361 e. The number of aryl methyl sites for hydroxylation is 1. The second-order valence-electron chi connectivity index (χ2n) is 4.43. The summed E-state index contributed by atoms with van der Waals surface area (Å²) in [6.07, 6.45) is 3.80. The van der Waals surface area contributed by atoms with Crippen LogP contribution in [0.1, 0.15) is 12.7 Å². The highest BCUT2D eigenvalue weighted by atomic mass is 32.2. The molecule has 0 radical (unpaired) electrons. The van der Waals surface area contributed by atoms with Gasteiger partial charge in [0.15, 0.2) is 5.03 Å². The Labute approximate surface area is 116 Å². The molecule has 3 aromatic rings. The number of benzene rings is 1. The first-order valence-electron chi connectivity index (χ1n) is 6.22. The smallest absolute Gasteiger partial charge is 0.278 e. The predicted molar refractivity (Wildman–Crippen MR) is 77.1 cm³/mol.